The van der Waals surface area contributed by atoms with Crippen molar-refractivity contribution >= 4 is 44.6 Å². The molecule has 0 spiro atoms. The lowest BCUT2D eigenvalue weighted by atomic mass is 10.1. The number of benzene rings is 3. The van der Waals surface area contributed by atoms with Crippen LogP contribution < -0.4 is 15.4 Å². The number of likely N-dealkylation sites (tertiary alicyclic amines) is 1. The van der Waals surface area contributed by atoms with Crippen molar-refractivity contribution in [2.45, 2.75) is 41.6 Å². The molecule has 1 fully saturated rings. The quantitative estimate of drug-likeness (QED) is 0.185. The molecule has 0 aliphatic carbocycles. The summed E-state index contributed by atoms with van der Waals surface area (Å²) in [5, 5.41) is 6.26. The molecular weight excluding hydrogens is 629 g/mol. The second-order valence-electron chi connectivity index (χ2n) is 10.9. The lowest BCUT2D eigenvalue weighted by Crippen LogP contribution is -2.37. The van der Waals surface area contributed by atoms with Crippen molar-refractivity contribution in [3.05, 3.63) is 88.9 Å². The first-order chi connectivity index (χ1) is 22.2. The number of fused-ring (bicyclic) bond motifs is 2. The van der Waals surface area contributed by atoms with Crippen molar-refractivity contribution < 1.29 is 32.3 Å². The number of aromatic nitrogens is 1. The molecule has 4 aromatic rings. The highest BCUT2D eigenvalue weighted by Gasteiger charge is 2.32. The maximum Gasteiger partial charge on any atom is 0.323 e. The van der Waals surface area contributed by atoms with E-state index in [1.165, 1.54) is 48.8 Å². The molecule has 3 heterocycles. The van der Waals surface area contributed by atoms with Crippen LogP contribution >= 0.6 is 11.3 Å². The first-order valence-electron chi connectivity index (χ1n) is 14.8. The van der Waals surface area contributed by atoms with Crippen molar-refractivity contribution in [1.82, 2.24) is 15.2 Å². The van der Waals surface area contributed by atoms with Gasteiger partial charge in [-0.1, -0.05) is 12.1 Å². The smallest absolute Gasteiger partial charge is 0.323 e. The molecule has 13 heteroatoms. The molecule has 2 aliphatic rings. The van der Waals surface area contributed by atoms with Gasteiger partial charge in [0.15, 0.2) is 0 Å². The number of carbonyl (C=O) groups excluding carboxylic acids is 3. The number of nitrogens with one attached hydrogen (secondary N) is 2. The van der Waals surface area contributed by atoms with E-state index in [-0.39, 0.29) is 45.2 Å². The summed E-state index contributed by atoms with van der Waals surface area (Å²) in [4.78, 5) is 45.0. The summed E-state index contributed by atoms with van der Waals surface area (Å²) in [5.74, 6) is -0.403. The molecule has 2 N–H and O–H groups in total. The van der Waals surface area contributed by atoms with Crippen LogP contribution in [0.25, 0.3) is 10.6 Å². The number of thiazole rings is 1. The molecular formula is C33H32N4O7S2. The molecule has 2 amide bonds. The summed E-state index contributed by atoms with van der Waals surface area (Å²) in [7, 11) is -2.53. The molecule has 3 aromatic carbocycles. The van der Waals surface area contributed by atoms with Crippen LogP contribution in [0.3, 0.4) is 0 Å². The number of rotatable bonds is 10. The van der Waals surface area contributed by atoms with Gasteiger partial charge >= 0.3 is 5.97 Å². The van der Waals surface area contributed by atoms with Gasteiger partial charge in [0.25, 0.3) is 11.8 Å². The van der Waals surface area contributed by atoms with E-state index in [2.05, 4.69) is 20.5 Å². The Labute approximate surface area is 270 Å². The van der Waals surface area contributed by atoms with E-state index in [9.17, 15) is 22.8 Å². The van der Waals surface area contributed by atoms with Crippen LogP contribution in [-0.4, -0.2) is 68.9 Å². The lowest BCUT2D eigenvalue weighted by Gasteiger charge is -2.22. The molecule has 0 radical (unpaired) electrons. The Balaban J connectivity index is 1.02. The number of hydrogen-bond donors (Lipinski definition) is 2. The fourth-order valence-corrected chi connectivity index (χ4v) is 8.09. The molecule has 11 nitrogen and oxygen atoms in total. The molecule has 1 atom stereocenters. The molecule has 0 unspecified atom stereocenters. The van der Waals surface area contributed by atoms with Gasteiger partial charge in [-0.05, 0) is 80.4 Å². The standard InChI is InChI=1S/C33H32N4O7S2/c1-43-33(40)27-7-4-15-37(27)16-5-17-44-23-12-9-21(10-13-23)32-35-20-24(45-32)19-34-30(38)22-11-14-29-26(18-22)36-31(39)25-6-2-3-8-28(25)46(29,41)42/h2-3,6,8-14,18,20,27H,4-5,7,15-17,19H2,1H3,(H,34,38)(H,36,39)/t27-/m0/s1. The number of ether oxygens (including phenoxy) is 2. The van der Waals surface area contributed by atoms with Crippen LogP contribution in [0.15, 0.2) is 82.7 Å². The van der Waals surface area contributed by atoms with E-state index < -0.39 is 21.7 Å². The van der Waals surface area contributed by atoms with Crippen LogP contribution in [0, 0.1) is 0 Å². The van der Waals surface area contributed by atoms with E-state index in [1.807, 2.05) is 24.3 Å². The second-order valence-corrected chi connectivity index (χ2v) is 13.9. The number of hydrogen-bond acceptors (Lipinski definition) is 10. The minimum atomic E-state index is -3.95. The Bertz CT molecular complexity index is 1890. The predicted molar refractivity (Wildman–Crippen MR) is 172 cm³/mol. The van der Waals surface area contributed by atoms with Crippen LogP contribution in [0.2, 0.25) is 0 Å². The highest BCUT2D eigenvalue weighted by atomic mass is 32.2. The molecule has 238 valence electrons. The van der Waals surface area contributed by atoms with Crippen LogP contribution in [-0.2, 0) is 25.9 Å². The molecule has 1 aromatic heterocycles. The monoisotopic (exact) mass is 660 g/mol. The van der Waals surface area contributed by atoms with Gasteiger partial charge in [0.2, 0.25) is 9.84 Å². The average Bonchev–Trinajstić information content (AvgIpc) is 3.74. The first kappa shape index (κ1) is 31.4. The third-order valence-corrected chi connectivity index (χ3v) is 10.9. The molecule has 2 aliphatic heterocycles. The minimum Gasteiger partial charge on any atom is -0.494 e. The third-order valence-electron chi connectivity index (χ3n) is 7.97. The Morgan fingerprint density at radius 2 is 1.89 bits per heavy atom. The number of anilines is 1. The van der Waals surface area contributed by atoms with Crippen molar-refractivity contribution in [3.63, 3.8) is 0 Å². The van der Waals surface area contributed by atoms with Gasteiger partial charge in [0.05, 0.1) is 41.3 Å². The largest absolute Gasteiger partial charge is 0.494 e. The summed E-state index contributed by atoms with van der Waals surface area (Å²) in [6.07, 6.45) is 4.32. The summed E-state index contributed by atoms with van der Waals surface area (Å²) < 4.78 is 37.2. The Morgan fingerprint density at radius 3 is 2.70 bits per heavy atom. The van der Waals surface area contributed by atoms with Crippen LogP contribution in [0.4, 0.5) is 5.69 Å². The average molecular weight is 661 g/mol. The molecule has 1 saturated heterocycles. The molecule has 6 rings (SSSR count). The zero-order chi connectivity index (χ0) is 32.3. The van der Waals surface area contributed by atoms with E-state index in [0.717, 1.165) is 53.5 Å². The molecule has 0 saturated carbocycles. The van der Waals surface area contributed by atoms with Gasteiger partial charge in [0, 0.05) is 28.7 Å². The number of carbonyl (C=O) groups is 3. The Morgan fingerprint density at radius 1 is 1.09 bits per heavy atom. The number of amides is 2. The predicted octanol–water partition coefficient (Wildman–Crippen LogP) is 4.54. The van der Waals surface area contributed by atoms with Crippen molar-refractivity contribution in [2.24, 2.45) is 0 Å². The van der Waals surface area contributed by atoms with Crippen LogP contribution in [0.5, 0.6) is 5.75 Å². The van der Waals surface area contributed by atoms with Crippen molar-refractivity contribution in [2.75, 3.05) is 32.1 Å². The topological polar surface area (TPSA) is 144 Å². The first-order valence-corrected chi connectivity index (χ1v) is 17.1. The molecule has 46 heavy (non-hydrogen) atoms. The SMILES string of the molecule is COC(=O)[C@@H]1CCCN1CCCOc1ccc(-c2ncc(CNC(=O)c3ccc4c(c3)NC(=O)c3ccccc3S4(=O)=O)s2)cc1. The third kappa shape index (κ3) is 6.52. The minimum absolute atomic E-state index is 0.0529. The van der Waals surface area contributed by atoms with Gasteiger partial charge in [0.1, 0.15) is 16.8 Å². The Hall–Kier alpha value is -4.59. The van der Waals surface area contributed by atoms with Gasteiger partial charge in [-0.15, -0.1) is 11.3 Å². The van der Waals surface area contributed by atoms with Gasteiger partial charge < -0.3 is 20.1 Å². The van der Waals surface area contributed by atoms with Crippen molar-refractivity contribution in [3.8, 4) is 16.3 Å². The van der Waals surface area contributed by atoms with Crippen molar-refractivity contribution in [1.29, 1.82) is 0 Å². The maximum absolute atomic E-state index is 13.2. The zero-order valence-corrected chi connectivity index (χ0v) is 26.7. The van der Waals surface area contributed by atoms with Gasteiger partial charge in [-0.2, -0.15) is 0 Å². The van der Waals surface area contributed by atoms with E-state index in [1.54, 1.807) is 18.3 Å². The fraction of sp³-hybridized carbons (Fsp3) is 0.273. The molecule has 0 bridgehead atoms. The number of esters is 1. The fourth-order valence-electron chi connectivity index (χ4n) is 5.64. The second kappa shape index (κ2) is 13.4. The number of methoxy groups -OCH3 is 1. The number of sulfone groups is 1. The lowest BCUT2D eigenvalue weighted by molar-refractivity contribution is -0.145. The van der Waals surface area contributed by atoms with E-state index in [4.69, 9.17) is 9.47 Å². The van der Waals surface area contributed by atoms with Gasteiger partial charge in [-0.25, -0.2) is 13.4 Å². The summed E-state index contributed by atoms with van der Waals surface area (Å²) in [5.41, 5.74) is 1.23. The zero-order valence-electron chi connectivity index (χ0n) is 25.0. The van der Waals surface area contributed by atoms with Gasteiger partial charge in [-0.3, -0.25) is 19.3 Å². The highest BCUT2D eigenvalue weighted by Crippen LogP contribution is 2.34. The summed E-state index contributed by atoms with van der Waals surface area (Å²) >= 11 is 1.44. The highest BCUT2D eigenvalue weighted by molar-refractivity contribution is 7.91. The van der Waals surface area contributed by atoms with E-state index in [0.29, 0.717) is 6.61 Å². The summed E-state index contributed by atoms with van der Waals surface area (Å²) in [6.45, 7) is 2.42. The Kier molecular flexibility index (Phi) is 9.15. The maximum atomic E-state index is 13.2. The normalized spacial score (nSPS) is 16.9. The van der Waals surface area contributed by atoms with E-state index >= 15 is 0 Å². The number of nitrogens with zero attached hydrogens (tertiary/aromatic N) is 2. The summed E-state index contributed by atoms with van der Waals surface area (Å²) in [6, 6.07) is 17.6. The van der Waals surface area contributed by atoms with Crippen LogP contribution in [0.1, 0.15) is 44.9 Å².